The molecule has 180 valence electrons. The van der Waals surface area contributed by atoms with E-state index in [1.54, 1.807) is 19.2 Å². The number of rotatable bonds is 7. The average Bonchev–Trinajstić information content (AvgIpc) is 2.85. The van der Waals surface area contributed by atoms with Gasteiger partial charge in [-0.1, -0.05) is 18.2 Å². The lowest BCUT2D eigenvalue weighted by Crippen LogP contribution is -2.20. The van der Waals surface area contributed by atoms with Crippen LogP contribution in [0.5, 0.6) is 5.75 Å². The number of hydrogen-bond acceptors (Lipinski definition) is 2. The first-order valence-electron chi connectivity index (χ1n) is 12.3. The van der Waals surface area contributed by atoms with Gasteiger partial charge < -0.3 is 9.47 Å². The van der Waals surface area contributed by atoms with Crippen LogP contribution in [0.3, 0.4) is 0 Å². The van der Waals surface area contributed by atoms with Gasteiger partial charge in [-0.25, -0.2) is 13.2 Å². The monoisotopic (exact) mass is 460 g/mol. The van der Waals surface area contributed by atoms with Crippen molar-refractivity contribution in [2.45, 2.75) is 82.1 Å². The van der Waals surface area contributed by atoms with E-state index in [1.807, 2.05) is 12.1 Å². The highest BCUT2D eigenvalue weighted by Crippen LogP contribution is 2.41. The molecule has 2 aromatic carbocycles. The van der Waals surface area contributed by atoms with E-state index in [-0.39, 0.29) is 23.8 Å². The van der Waals surface area contributed by atoms with Gasteiger partial charge in [-0.3, -0.25) is 0 Å². The molecule has 5 heteroatoms. The minimum absolute atomic E-state index is 0.0618. The molecule has 0 radical (unpaired) electrons. The molecule has 0 spiro atoms. The van der Waals surface area contributed by atoms with Crippen LogP contribution in [-0.4, -0.2) is 20.3 Å². The molecule has 2 fully saturated rings. The fourth-order valence-corrected chi connectivity index (χ4v) is 5.80. The van der Waals surface area contributed by atoms with Gasteiger partial charge in [0.15, 0.2) is 11.6 Å². The van der Waals surface area contributed by atoms with Crippen molar-refractivity contribution in [3.8, 4) is 5.75 Å². The number of ether oxygens (including phenoxy) is 2. The van der Waals surface area contributed by atoms with E-state index in [1.165, 1.54) is 13.2 Å². The molecule has 0 unspecified atom stereocenters. The maximum Gasteiger partial charge on any atom is 0.162 e. The highest BCUT2D eigenvalue weighted by Gasteiger charge is 2.29. The minimum atomic E-state index is -0.648. The van der Waals surface area contributed by atoms with E-state index in [2.05, 4.69) is 0 Å². The summed E-state index contributed by atoms with van der Waals surface area (Å²) in [7, 11) is 3.24. The Morgan fingerprint density at radius 2 is 1.33 bits per heavy atom. The maximum absolute atomic E-state index is 15.1. The van der Waals surface area contributed by atoms with Gasteiger partial charge >= 0.3 is 0 Å². The van der Waals surface area contributed by atoms with Crippen molar-refractivity contribution >= 4 is 0 Å². The van der Waals surface area contributed by atoms with Gasteiger partial charge in [0.05, 0.1) is 13.2 Å². The highest BCUT2D eigenvalue weighted by molar-refractivity contribution is 5.32. The lowest BCUT2D eigenvalue weighted by molar-refractivity contribution is 0.0655. The van der Waals surface area contributed by atoms with Crippen molar-refractivity contribution in [1.82, 2.24) is 0 Å². The van der Waals surface area contributed by atoms with Crippen LogP contribution in [0.25, 0.3) is 0 Å². The third-order valence-corrected chi connectivity index (χ3v) is 7.96. The molecule has 0 amide bonds. The Labute approximate surface area is 195 Å². The van der Waals surface area contributed by atoms with E-state index >= 15 is 8.78 Å². The first-order valence-corrected chi connectivity index (χ1v) is 12.3. The Morgan fingerprint density at radius 3 is 1.85 bits per heavy atom. The molecule has 2 nitrogen and oxygen atoms in total. The Balaban J connectivity index is 1.32. The third-order valence-electron chi connectivity index (χ3n) is 7.96. The SMILES string of the molecule is COc1ccc(CCC2CCC(c3ccc(C4CCC(OC)CC4)c(F)c3F)CC2)c(F)c1. The molecule has 0 saturated heterocycles. The average molecular weight is 461 g/mol. The molecular formula is C28H35F3O2. The molecule has 4 rings (SSSR count). The Bertz CT molecular complexity index is 929. The summed E-state index contributed by atoms with van der Waals surface area (Å²) in [6.07, 6.45) is 8.95. The molecule has 0 aliphatic heterocycles. The van der Waals surface area contributed by atoms with Crippen LogP contribution in [-0.2, 0) is 11.2 Å². The van der Waals surface area contributed by atoms with Gasteiger partial charge in [0.2, 0.25) is 0 Å². The van der Waals surface area contributed by atoms with Gasteiger partial charge in [-0.2, -0.15) is 0 Å². The molecule has 0 heterocycles. The number of aryl methyl sites for hydroxylation is 1. The van der Waals surface area contributed by atoms with Crippen LogP contribution >= 0.6 is 0 Å². The van der Waals surface area contributed by atoms with Crippen LogP contribution in [0.2, 0.25) is 0 Å². The molecule has 2 saturated carbocycles. The first-order chi connectivity index (χ1) is 16.0. The lowest BCUT2D eigenvalue weighted by atomic mass is 9.76. The molecule has 0 aromatic heterocycles. The number of hydrogen-bond donors (Lipinski definition) is 0. The van der Waals surface area contributed by atoms with Crippen LogP contribution < -0.4 is 4.74 Å². The first kappa shape index (κ1) is 24.1. The molecule has 0 atom stereocenters. The summed E-state index contributed by atoms with van der Waals surface area (Å²) in [6, 6.07) is 8.66. The van der Waals surface area contributed by atoms with Crippen LogP contribution in [0, 0.1) is 23.4 Å². The maximum atomic E-state index is 15.1. The van der Waals surface area contributed by atoms with Crippen molar-refractivity contribution in [2.75, 3.05) is 14.2 Å². The van der Waals surface area contributed by atoms with Crippen molar-refractivity contribution in [3.05, 3.63) is 64.5 Å². The molecule has 0 bridgehead atoms. The number of methoxy groups -OCH3 is 2. The van der Waals surface area contributed by atoms with Crippen molar-refractivity contribution in [1.29, 1.82) is 0 Å². The molecule has 2 aromatic rings. The highest BCUT2D eigenvalue weighted by atomic mass is 19.2. The number of benzene rings is 2. The number of halogens is 3. The molecule has 0 N–H and O–H groups in total. The van der Waals surface area contributed by atoms with Crippen molar-refractivity contribution in [3.63, 3.8) is 0 Å². The fourth-order valence-electron chi connectivity index (χ4n) is 5.80. The minimum Gasteiger partial charge on any atom is -0.497 e. The smallest absolute Gasteiger partial charge is 0.162 e. The second kappa shape index (κ2) is 10.9. The predicted molar refractivity (Wildman–Crippen MR) is 124 cm³/mol. The van der Waals surface area contributed by atoms with E-state index in [4.69, 9.17) is 9.47 Å². The van der Waals surface area contributed by atoms with E-state index in [0.717, 1.165) is 57.8 Å². The second-order valence-electron chi connectivity index (χ2n) is 9.79. The van der Waals surface area contributed by atoms with Crippen LogP contribution in [0.1, 0.15) is 86.3 Å². The largest absolute Gasteiger partial charge is 0.497 e. The summed E-state index contributed by atoms with van der Waals surface area (Å²) in [6.45, 7) is 0. The van der Waals surface area contributed by atoms with Gasteiger partial charge in [0, 0.05) is 13.2 Å². The normalized spacial score (nSPS) is 25.7. The van der Waals surface area contributed by atoms with Gasteiger partial charge in [-0.15, -0.1) is 0 Å². The molecular weight excluding hydrogens is 425 g/mol. The standard InChI is InChI=1S/C28H35F3O2/c1-32-22-12-9-20(10-13-22)25-16-15-24(27(30)28(25)31)19-6-3-18(4-7-19)5-8-21-11-14-23(33-2)17-26(21)29/h11,14-20,22H,3-10,12-13H2,1-2H3. The fraction of sp³-hybridized carbons (Fsp3) is 0.571. The Hall–Kier alpha value is -2.01. The molecule has 33 heavy (non-hydrogen) atoms. The summed E-state index contributed by atoms with van der Waals surface area (Å²) in [5, 5.41) is 0. The van der Waals surface area contributed by atoms with E-state index in [9.17, 15) is 4.39 Å². The van der Waals surface area contributed by atoms with E-state index < -0.39 is 11.6 Å². The molecule has 2 aliphatic rings. The predicted octanol–water partition coefficient (Wildman–Crippen LogP) is 7.69. The Kier molecular flexibility index (Phi) is 8.00. The van der Waals surface area contributed by atoms with Crippen LogP contribution in [0.4, 0.5) is 13.2 Å². The second-order valence-corrected chi connectivity index (χ2v) is 9.79. The van der Waals surface area contributed by atoms with Gasteiger partial charge in [0.25, 0.3) is 0 Å². The lowest BCUT2D eigenvalue weighted by Gasteiger charge is -2.31. The summed E-state index contributed by atoms with van der Waals surface area (Å²) in [5.41, 5.74) is 1.77. The quantitative estimate of drug-likeness (QED) is 0.422. The summed E-state index contributed by atoms with van der Waals surface area (Å²) in [4.78, 5) is 0. The van der Waals surface area contributed by atoms with Crippen molar-refractivity contribution < 1.29 is 22.6 Å². The van der Waals surface area contributed by atoms with Gasteiger partial charge in [0.1, 0.15) is 11.6 Å². The van der Waals surface area contributed by atoms with Crippen molar-refractivity contribution in [2.24, 2.45) is 5.92 Å². The summed E-state index contributed by atoms with van der Waals surface area (Å²) in [5.74, 6) is -0.363. The zero-order valence-electron chi connectivity index (χ0n) is 19.7. The molecule has 2 aliphatic carbocycles. The zero-order valence-corrected chi connectivity index (χ0v) is 19.7. The topological polar surface area (TPSA) is 18.5 Å². The summed E-state index contributed by atoms with van der Waals surface area (Å²) < 4.78 is 54.7. The summed E-state index contributed by atoms with van der Waals surface area (Å²) >= 11 is 0. The van der Waals surface area contributed by atoms with Gasteiger partial charge in [-0.05, 0) is 105 Å². The van der Waals surface area contributed by atoms with E-state index in [0.29, 0.717) is 34.8 Å². The zero-order chi connectivity index (χ0) is 23.4. The third kappa shape index (κ3) is 5.56. The Morgan fingerprint density at radius 1 is 0.758 bits per heavy atom. The van der Waals surface area contributed by atoms with Crippen LogP contribution in [0.15, 0.2) is 30.3 Å².